The van der Waals surface area contributed by atoms with E-state index < -0.39 is 0 Å². The van der Waals surface area contributed by atoms with Crippen LogP contribution in [0.25, 0.3) is 0 Å². The van der Waals surface area contributed by atoms with Gasteiger partial charge in [-0.1, -0.05) is 46.9 Å². The maximum absolute atomic E-state index is 12.2. The second-order valence-corrected chi connectivity index (χ2v) is 17.1. The van der Waals surface area contributed by atoms with E-state index in [-0.39, 0.29) is 11.4 Å². The van der Waals surface area contributed by atoms with Crippen molar-refractivity contribution in [3.8, 4) is 0 Å². The summed E-state index contributed by atoms with van der Waals surface area (Å²) in [4.78, 5) is 20.4. The molecule has 0 radical (unpaired) electrons. The molecule has 2 aromatic heterocycles. The van der Waals surface area contributed by atoms with Gasteiger partial charge in [-0.05, 0) is 131 Å². The highest BCUT2D eigenvalue weighted by atomic mass is 35.5. The third-order valence-electron chi connectivity index (χ3n) is 7.79. The maximum Gasteiger partial charge on any atom is 0.253 e. The summed E-state index contributed by atoms with van der Waals surface area (Å²) in [6, 6.07) is 16.2. The molecule has 0 unspecified atom stereocenters. The number of pyridine rings is 1. The maximum atomic E-state index is 12.2. The Balaban J connectivity index is 0.000000193. The molecule has 0 saturated heterocycles. The number of amides is 1. The minimum absolute atomic E-state index is 0.0990. The first-order chi connectivity index (χ1) is 22.6. The van der Waals surface area contributed by atoms with Gasteiger partial charge in [0.15, 0.2) is 0 Å². The van der Waals surface area contributed by atoms with Gasteiger partial charge in [0, 0.05) is 37.9 Å². The van der Waals surface area contributed by atoms with Gasteiger partial charge in [0.2, 0.25) is 0 Å². The molecule has 0 bridgehead atoms. The average molecular weight is 748 g/mol. The largest absolute Gasteiger partial charge is 0.347 e. The Hall–Kier alpha value is -1.75. The number of hydrogen-bond donors (Lipinski definition) is 3. The summed E-state index contributed by atoms with van der Waals surface area (Å²) in [6.07, 6.45) is 5.83. The summed E-state index contributed by atoms with van der Waals surface area (Å²) in [5.74, 6) is 1.56. The molecule has 4 heterocycles. The number of fused-ring (bicyclic) bond motifs is 2. The molecule has 0 saturated carbocycles. The topological polar surface area (TPSA) is 66.0 Å². The van der Waals surface area contributed by atoms with Gasteiger partial charge in [-0.3, -0.25) is 9.78 Å². The Morgan fingerprint density at radius 1 is 0.787 bits per heavy atom. The summed E-state index contributed by atoms with van der Waals surface area (Å²) in [7, 11) is 0. The average Bonchev–Trinajstić information content (AvgIpc) is 3.20. The molecule has 1 amide bonds. The van der Waals surface area contributed by atoms with Crippen LogP contribution >= 0.6 is 69.7 Å². The molecule has 0 aliphatic carbocycles. The summed E-state index contributed by atoms with van der Waals surface area (Å²) in [6.45, 7) is 9.97. The molecule has 2 aliphatic rings. The number of carbonyl (C=O) groups excluding carboxylic acids is 1. The van der Waals surface area contributed by atoms with Crippen LogP contribution in [0, 0.1) is 0 Å². The molecule has 11 heteroatoms. The van der Waals surface area contributed by atoms with Crippen LogP contribution < -0.4 is 16.0 Å². The smallest absolute Gasteiger partial charge is 0.253 e. The molecule has 47 heavy (non-hydrogen) atoms. The van der Waals surface area contributed by atoms with Crippen LogP contribution in [0.3, 0.4) is 0 Å². The molecule has 0 fully saturated rings. The van der Waals surface area contributed by atoms with Crippen molar-refractivity contribution >= 4 is 75.6 Å². The summed E-state index contributed by atoms with van der Waals surface area (Å²) < 4.78 is 0.850. The number of thiophene rings is 1. The molecular formula is C36H41Cl3N4OS3. The second-order valence-electron chi connectivity index (χ2n) is 12.6. The Kier molecular flexibility index (Phi) is 13.4. The quantitative estimate of drug-likeness (QED) is 0.164. The summed E-state index contributed by atoms with van der Waals surface area (Å²) in [5.41, 5.74) is 6.86. The number of benzene rings is 2. The Morgan fingerprint density at radius 2 is 1.36 bits per heavy atom. The van der Waals surface area contributed by atoms with E-state index in [1.165, 1.54) is 32.0 Å². The molecule has 5 nitrogen and oxygen atoms in total. The van der Waals surface area contributed by atoms with Crippen molar-refractivity contribution in [2.24, 2.45) is 0 Å². The number of rotatable bonds is 7. The van der Waals surface area contributed by atoms with Crippen LogP contribution in [-0.2, 0) is 37.2 Å². The van der Waals surface area contributed by atoms with Crippen LogP contribution in [0.15, 0.2) is 64.5 Å². The van der Waals surface area contributed by atoms with E-state index in [0.29, 0.717) is 5.56 Å². The Morgan fingerprint density at radius 3 is 1.87 bits per heavy atom. The fourth-order valence-corrected chi connectivity index (χ4v) is 9.56. The van der Waals surface area contributed by atoms with Crippen LogP contribution in [0.1, 0.15) is 64.0 Å². The highest BCUT2D eigenvalue weighted by Crippen LogP contribution is 2.38. The van der Waals surface area contributed by atoms with Crippen molar-refractivity contribution < 1.29 is 4.79 Å². The van der Waals surface area contributed by atoms with Gasteiger partial charge in [0.25, 0.3) is 5.91 Å². The number of nitrogens with one attached hydrogen (secondary N) is 3. The predicted molar refractivity (Wildman–Crippen MR) is 203 cm³/mol. The number of hydrogen-bond acceptors (Lipinski definition) is 7. The molecule has 3 N–H and O–H groups in total. The summed E-state index contributed by atoms with van der Waals surface area (Å²) >= 11 is 24.1. The predicted octanol–water partition coefficient (Wildman–Crippen LogP) is 9.28. The first-order valence-corrected chi connectivity index (χ1v) is 19.8. The third-order valence-corrected chi connectivity index (χ3v) is 12.5. The van der Waals surface area contributed by atoms with Crippen LogP contribution in [0.5, 0.6) is 0 Å². The van der Waals surface area contributed by atoms with Crippen molar-refractivity contribution in [3.05, 3.63) is 107 Å². The minimum Gasteiger partial charge on any atom is -0.347 e. The van der Waals surface area contributed by atoms with Crippen LogP contribution in [0.4, 0.5) is 0 Å². The lowest BCUT2D eigenvalue weighted by atomic mass is 10.0. The van der Waals surface area contributed by atoms with Crippen molar-refractivity contribution in [1.29, 1.82) is 0 Å². The van der Waals surface area contributed by atoms with E-state index >= 15 is 0 Å². The van der Waals surface area contributed by atoms with Gasteiger partial charge >= 0.3 is 0 Å². The van der Waals surface area contributed by atoms with Gasteiger partial charge in [-0.2, -0.15) is 0 Å². The molecule has 0 atom stereocenters. The lowest BCUT2D eigenvalue weighted by Gasteiger charge is -2.20. The number of nitrogens with zero attached hydrogens (tertiary/aromatic N) is 1. The highest BCUT2D eigenvalue weighted by Gasteiger charge is 2.18. The minimum atomic E-state index is -0.262. The standard InChI is InChI=1S/C21H26ClN3OS.C15H15Cl2NS2/c1-21(2,3)25-20(26)15-4-6-16(24-12-15)13-27-19-17-9-11-23-10-8-14(17)5-7-18(19)22;16-13-3-1-10-5-7-18-8-6-12(10)15(13)19-9-11-2-4-14(17)20-11/h4-7,12,23H,8-11,13H2,1-3H3,(H,25,26);1-4,18H,5-9H2. The third kappa shape index (κ3) is 10.6. The lowest BCUT2D eigenvalue weighted by Crippen LogP contribution is -2.40. The van der Waals surface area contributed by atoms with E-state index in [4.69, 9.17) is 34.8 Å². The van der Waals surface area contributed by atoms with Crippen molar-refractivity contribution in [3.63, 3.8) is 0 Å². The fraction of sp³-hybridized carbons (Fsp3) is 0.389. The Bertz CT molecular complexity index is 1670. The van der Waals surface area contributed by atoms with Gasteiger partial charge in [0.05, 0.1) is 25.6 Å². The van der Waals surface area contributed by atoms with Crippen molar-refractivity contribution in [2.45, 2.75) is 73.3 Å². The van der Waals surface area contributed by atoms with E-state index in [0.717, 1.165) is 88.3 Å². The van der Waals surface area contributed by atoms with Gasteiger partial charge in [-0.25, -0.2) is 0 Å². The zero-order chi connectivity index (χ0) is 33.4. The van der Waals surface area contributed by atoms with Crippen molar-refractivity contribution in [1.82, 2.24) is 20.9 Å². The van der Waals surface area contributed by atoms with E-state index in [1.54, 1.807) is 29.3 Å². The molecule has 4 aromatic rings. The normalized spacial score (nSPS) is 14.6. The van der Waals surface area contributed by atoms with Crippen molar-refractivity contribution in [2.75, 3.05) is 26.2 Å². The first-order valence-electron chi connectivity index (χ1n) is 15.9. The van der Waals surface area contributed by atoms with Crippen LogP contribution in [0.2, 0.25) is 14.4 Å². The monoisotopic (exact) mass is 746 g/mol. The molecule has 2 aromatic carbocycles. The summed E-state index contributed by atoms with van der Waals surface area (Å²) in [5, 5.41) is 11.5. The molecule has 2 aliphatic heterocycles. The number of halogens is 3. The second kappa shape index (κ2) is 17.3. The van der Waals surface area contributed by atoms with Gasteiger partial charge < -0.3 is 16.0 Å². The first kappa shape index (κ1) is 36.5. The number of aromatic nitrogens is 1. The van der Waals surface area contributed by atoms with Gasteiger partial charge in [0.1, 0.15) is 0 Å². The van der Waals surface area contributed by atoms with E-state index in [2.05, 4.69) is 39.1 Å². The highest BCUT2D eigenvalue weighted by molar-refractivity contribution is 7.99. The number of thioether (sulfide) groups is 2. The van der Waals surface area contributed by atoms with Crippen LogP contribution in [-0.4, -0.2) is 42.6 Å². The molecule has 250 valence electrons. The SMILES string of the molecule is CC(C)(C)NC(=O)c1ccc(CSc2c(Cl)ccc3c2CCNCC3)nc1.Clc1ccc(CSc2c(Cl)ccc3c2CCNCC3)s1. The molecule has 0 spiro atoms. The van der Waals surface area contributed by atoms with E-state index in [1.807, 2.05) is 62.9 Å². The number of carbonyl (C=O) groups is 1. The zero-order valence-corrected chi connectivity index (χ0v) is 31.7. The van der Waals surface area contributed by atoms with Gasteiger partial charge in [-0.15, -0.1) is 34.9 Å². The lowest BCUT2D eigenvalue weighted by molar-refractivity contribution is 0.0919. The molecule has 6 rings (SSSR count). The fourth-order valence-electron chi connectivity index (χ4n) is 5.51. The van der Waals surface area contributed by atoms with E-state index in [9.17, 15) is 4.79 Å². The molecular weight excluding hydrogens is 707 g/mol. The zero-order valence-electron chi connectivity index (χ0n) is 27.0. The Labute approximate surface area is 306 Å².